The zero-order valence-corrected chi connectivity index (χ0v) is 25.1. The first kappa shape index (κ1) is 29.7. The molecule has 0 radical (unpaired) electrons. The van der Waals surface area contributed by atoms with Crippen molar-refractivity contribution in [1.82, 2.24) is 10.2 Å². The molecule has 2 aromatic rings. The van der Waals surface area contributed by atoms with Gasteiger partial charge >= 0.3 is 5.97 Å². The van der Waals surface area contributed by atoms with Crippen LogP contribution >= 0.6 is 0 Å². The molecule has 0 saturated heterocycles. The monoisotopic (exact) mass is 570 g/mol. The summed E-state index contributed by atoms with van der Waals surface area (Å²) >= 11 is 0. The normalized spacial score (nSPS) is 20.5. The van der Waals surface area contributed by atoms with Gasteiger partial charge in [-0.25, -0.2) is 0 Å². The molecule has 2 aliphatic carbocycles. The van der Waals surface area contributed by atoms with Gasteiger partial charge in [0.2, 0.25) is 0 Å². The Labute approximate surface area is 248 Å². The average Bonchev–Trinajstić information content (AvgIpc) is 3.44. The number of ether oxygens (including phenoxy) is 1. The Bertz CT molecular complexity index is 1370. The van der Waals surface area contributed by atoms with E-state index in [4.69, 9.17) is 14.7 Å². The minimum Gasteiger partial charge on any atom is -0.465 e. The number of hydrogen-bond acceptors (Lipinski definition) is 6. The summed E-state index contributed by atoms with van der Waals surface area (Å²) in [5, 5.41) is 3.09. The van der Waals surface area contributed by atoms with Gasteiger partial charge < -0.3 is 15.0 Å². The van der Waals surface area contributed by atoms with Crippen LogP contribution in [0, 0.1) is 13.8 Å². The number of aryl methyl sites for hydroxylation is 2. The van der Waals surface area contributed by atoms with Crippen LogP contribution in [0.5, 0.6) is 0 Å². The summed E-state index contributed by atoms with van der Waals surface area (Å²) in [6.45, 7) is 6.13. The Morgan fingerprint density at radius 2 is 1.31 bits per heavy atom. The van der Waals surface area contributed by atoms with Crippen molar-refractivity contribution in [3.05, 3.63) is 70.8 Å². The number of esters is 1. The second-order valence-corrected chi connectivity index (χ2v) is 11.9. The number of nitrogens with one attached hydrogen (secondary N) is 1. The fraction of sp³-hybridized carbons (Fsp3) is 0.500. The molecule has 2 heterocycles. The summed E-state index contributed by atoms with van der Waals surface area (Å²) in [5.74, 6) is -0.536. The number of nitrogens with zero attached hydrogens (tertiary/aromatic N) is 3. The molecule has 0 atom stereocenters. The number of carbonyl (C=O) groups is 3. The fourth-order valence-electron chi connectivity index (χ4n) is 6.43. The standard InChI is InChI=1S/C19H24N2O3.C15H18N2O/c1-3-24-16(22)13-21-18(23)17(15-9-7-14(2)8-10-15)20-19(21)11-5-4-6-12-19;1-11-5-7-12(8-6-11)13-14(18)17-15(16-13)9-3-2-4-10-15/h7-10H,3-6,11-13H2,1-2H3;5-8H,2-4,9-10H2,1H3,(H,17,18). The third kappa shape index (κ3) is 6.32. The first-order valence-corrected chi connectivity index (χ1v) is 15.4. The number of hydrogen-bond donors (Lipinski definition) is 1. The Kier molecular flexibility index (Phi) is 8.90. The molecule has 2 spiro atoms. The Morgan fingerprint density at radius 3 is 1.86 bits per heavy atom. The number of carbonyl (C=O) groups excluding carboxylic acids is 3. The highest BCUT2D eigenvalue weighted by Crippen LogP contribution is 2.39. The van der Waals surface area contributed by atoms with Gasteiger partial charge in [0, 0.05) is 11.1 Å². The predicted octanol–water partition coefficient (Wildman–Crippen LogP) is 5.42. The molecule has 4 aliphatic rings. The van der Waals surface area contributed by atoms with Crippen molar-refractivity contribution in [2.75, 3.05) is 13.2 Å². The molecule has 2 fully saturated rings. The van der Waals surface area contributed by atoms with Gasteiger partial charge in [0.15, 0.2) is 0 Å². The summed E-state index contributed by atoms with van der Waals surface area (Å²) in [5.41, 5.74) is 4.31. The van der Waals surface area contributed by atoms with Gasteiger partial charge in [0.05, 0.1) is 6.61 Å². The molecule has 2 amide bonds. The lowest BCUT2D eigenvalue weighted by Crippen LogP contribution is -2.50. The third-order valence-corrected chi connectivity index (χ3v) is 8.73. The van der Waals surface area contributed by atoms with Crippen LogP contribution in [0.2, 0.25) is 0 Å². The van der Waals surface area contributed by atoms with Crippen LogP contribution in [0.1, 0.15) is 93.4 Å². The molecule has 8 heteroatoms. The highest BCUT2D eigenvalue weighted by atomic mass is 16.5. The van der Waals surface area contributed by atoms with Crippen LogP contribution in [0.4, 0.5) is 0 Å². The van der Waals surface area contributed by atoms with Gasteiger partial charge in [0.1, 0.15) is 29.3 Å². The molecule has 222 valence electrons. The lowest BCUT2D eigenvalue weighted by molar-refractivity contribution is -0.150. The molecule has 2 saturated carbocycles. The van der Waals surface area contributed by atoms with Gasteiger partial charge in [-0.15, -0.1) is 0 Å². The van der Waals surface area contributed by atoms with E-state index in [0.29, 0.717) is 18.0 Å². The van der Waals surface area contributed by atoms with Gasteiger partial charge in [-0.05, 0) is 72.1 Å². The molecule has 2 aromatic carbocycles. The van der Waals surface area contributed by atoms with Crippen molar-refractivity contribution < 1.29 is 19.1 Å². The lowest BCUT2D eigenvalue weighted by Gasteiger charge is -2.38. The summed E-state index contributed by atoms with van der Waals surface area (Å²) in [6.07, 6.45) is 10.4. The van der Waals surface area contributed by atoms with Crippen molar-refractivity contribution in [2.24, 2.45) is 9.98 Å². The molecule has 6 rings (SSSR count). The molecule has 0 unspecified atom stereocenters. The van der Waals surface area contributed by atoms with E-state index in [9.17, 15) is 14.4 Å². The molecule has 42 heavy (non-hydrogen) atoms. The van der Waals surface area contributed by atoms with Crippen molar-refractivity contribution in [3.63, 3.8) is 0 Å². The predicted molar refractivity (Wildman–Crippen MR) is 164 cm³/mol. The zero-order valence-electron chi connectivity index (χ0n) is 25.1. The SMILES string of the molecule is CCOC(=O)CN1C(=O)C(c2ccc(C)cc2)=NC12CCCCC2.Cc1ccc(C2=NC3(CCCCC3)NC2=O)cc1. The van der Waals surface area contributed by atoms with E-state index in [1.807, 2.05) is 62.4 Å². The van der Waals surface area contributed by atoms with Crippen molar-refractivity contribution in [3.8, 4) is 0 Å². The van der Waals surface area contributed by atoms with Crippen LogP contribution in [0.15, 0.2) is 58.5 Å². The molecule has 0 bridgehead atoms. The Morgan fingerprint density at radius 1 is 0.786 bits per heavy atom. The minimum absolute atomic E-state index is 0.0132. The van der Waals surface area contributed by atoms with E-state index < -0.39 is 5.66 Å². The maximum atomic E-state index is 13.0. The van der Waals surface area contributed by atoms with Gasteiger partial charge in [-0.2, -0.15) is 0 Å². The van der Waals surface area contributed by atoms with E-state index in [1.54, 1.807) is 11.8 Å². The van der Waals surface area contributed by atoms with Crippen molar-refractivity contribution in [2.45, 2.75) is 96.3 Å². The van der Waals surface area contributed by atoms with Crippen LogP contribution in [-0.2, 0) is 19.1 Å². The van der Waals surface area contributed by atoms with Crippen LogP contribution < -0.4 is 5.32 Å². The summed E-state index contributed by atoms with van der Waals surface area (Å²) in [6, 6.07) is 15.8. The van der Waals surface area contributed by atoms with E-state index >= 15 is 0 Å². The molecular formula is C34H42N4O4. The summed E-state index contributed by atoms with van der Waals surface area (Å²) in [7, 11) is 0. The average molecular weight is 571 g/mol. The summed E-state index contributed by atoms with van der Waals surface area (Å²) < 4.78 is 5.06. The Hall–Kier alpha value is -3.81. The number of amides is 2. The second-order valence-electron chi connectivity index (χ2n) is 11.9. The number of benzene rings is 2. The fourth-order valence-corrected chi connectivity index (χ4v) is 6.43. The molecule has 1 N–H and O–H groups in total. The van der Waals surface area contributed by atoms with E-state index in [1.165, 1.54) is 12.0 Å². The molecule has 0 aromatic heterocycles. The largest absolute Gasteiger partial charge is 0.465 e. The number of aliphatic imine (C=N–C) groups is 2. The van der Waals surface area contributed by atoms with Crippen LogP contribution in [0.25, 0.3) is 0 Å². The van der Waals surface area contributed by atoms with Gasteiger partial charge in [-0.1, -0.05) is 72.5 Å². The minimum atomic E-state index is -0.567. The highest BCUT2D eigenvalue weighted by molar-refractivity contribution is 6.47. The van der Waals surface area contributed by atoms with E-state index in [-0.39, 0.29) is 30.0 Å². The van der Waals surface area contributed by atoms with E-state index in [2.05, 4.69) is 5.32 Å². The molecular weight excluding hydrogens is 528 g/mol. The van der Waals surface area contributed by atoms with Crippen molar-refractivity contribution in [1.29, 1.82) is 0 Å². The molecule has 2 aliphatic heterocycles. The van der Waals surface area contributed by atoms with E-state index in [0.717, 1.165) is 74.5 Å². The van der Waals surface area contributed by atoms with Crippen molar-refractivity contribution >= 4 is 29.2 Å². The highest BCUT2D eigenvalue weighted by Gasteiger charge is 2.48. The maximum Gasteiger partial charge on any atom is 0.325 e. The Balaban J connectivity index is 0.000000175. The topological polar surface area (TPSA) is 100 Å². The quantitative estimate of drug-likeness (QED) is 0.485. The third-order valence-electron chi connectivity index (χ3n) is 8.73. The van der Waals surface area contributed by atoms with Gasteiger partial charge in [0.25, 0.3) is 11.8 Å². The smallest absolute Gasteiger partial charge is 0.325 e. The first-order chi connectivity index (χ1) is 20.2. The van der Waals surface area contributed by atoms with Crippen LogP contribution in [0.3, 0.4) is 0 Å². The van der Waals surface area contributed by atoms with Gasteiger partial charge in [-0.3, -0.25) is 24.4 Å². The first-order valence-electron chi connectivity index (χ1n) is 15.4. The maximum absolute atomic E-state index is 13.0. The zero-order chi connectivity index (χ0) is 29.7. The molecule has 8 nitrogen and oxygen atoms in total. The second kappa shape index (κ2) is 12.6. The lowest BCUT2D eigenvalue weighted by atomic mass is 9.88. The number of rotatable bonds is 5. The summed E-state index contributed by atoms with van der Waals surface area (Å²) in [4.78, 5) is 48.3. The van der Waals surface area contributed by atoms with Crippen LogP contribution in [-0.4, -0.2) is 58.6 Å².